The Hall–Kier alpha value is -2.43. The van der Waals surface area contributed by atoms with Crippen LogP contribution in [0.1, 0.15) is 29.0 Å². The van der Waals surface area contributed by atoms with Gasteiger partial charge in [-0.25, -0.2) is 9.18 Å². The predicted molar refractivity (Wildman–Crippen MR) is 68.8 cm³/mol. The highest BCUT2D eigenvalue weighted by Crippen LogP contribution is 2.30. The monoisotopic (exact) mass is 259 g/mol. The second-order valence-electron chi connectivity index (χ2n) is 4.49. The highest BCUT2D eigenvalue weighted by Gasteiger charge is 2.19. The van der Waals surface area contributed by atoms with E-state index in [1.165, 1.54) is 23.7 Å². The molecule has 0 saturated heterocycles. The molecule has 1 aromatic carbocycles. The minimum absolute atomic E-state index is 0.296. The van der Waals surface area contributed by atoms with Gasteiger partial charge in [-0.2, -0.15) is 0 Å². The highest BCUT2D eigenvalue weighted by molar-refractivity contribution is 6.01. The summed E-state index contributed by atoms with van der Waals surface area (Å²) in [6.07, 6.45) is 1.59. The molecule has 0 aliphatic rings. The van der Waals surface area contributed by atoms with E-state index in [-0.39, 0.29) is 5.56 Å². The van der Waals surface area contributed by atoms with Crippen molar-refractivity contribution in [1.82, 2.24) is 4.40 Å². The van der Waals surface area contributed by atoms with Gasteiger partial charge in [0.15, 0.2) is 0 Å². The Labute approximate surface area is 107 Å². The zero-order valence-electron chi connectivity index (χ0n) is 10.1. The lowest BCUT2D eigenvalue weighted by atomic mass is 10.1. The number of benzene rings is 1. The minimum atomic E-state index is -1.28. The van der Waals surface area contributed by atoms with Gasteiger partial charge in [0, 0.05) is 28.7 Å². The fraction of sp³-hybridized carbons (Fsp3) is 0.143. The molecule has 0 spiro atoms. The van der Waals surface area contributed by atoms with Crippen molar-refractivity contribution in [3.8, 4) is 0 Å². The third-order valence-electron chi connectivity index (χ3n) is 3.30. The van der Waals surface area contributed by atoms with E-state index in [2.05, 4.69) is 0 Å². The topological polar surface area (TPSA) is 58.8 Å². The van der Waals surface area contributed by atoms with Crippen LogP contribution in [-0.2, 0) is 0 Å². The van der Waals surface area contributed by atoms with Crippen molar-refractivity contribution in [2.75, 3.05) is 0 Å². The highest BCUT2D eigenvalue weighted by atomic mass is 19.1. The SMILES string of the molecule is CC(F)c1cn2cc(C(=O)O)c(=O)c3cccc1c32. The van der Waals surface area contributed by atoms with Crippen LogP contribution < -0.4 is 5.43 Å². The Morgan fingerprint density at radius 2 is 2.00 bits per heavy atom. The smallest absolute Gasteiger partial charge is 0.341 e. The molecule has 3 aromatic rings. The van der Waals surface area contributed by atoms with Gasteiger partial charge >= 0.3 is 5.97 Å². The minimum Gasteiger partial charge on any atom is -0.477 e. The quantitative estimate of drug-likeness (QED) is 0.769. The average Bonchev–Trinajstić information content (AvgIpc) is 2.73. The fourth-order valence-electron chi connectivity index (χ4n) is 2.44. The van der Waals surface area contributed by atoms with E-state index in [1.54, 1.807) is 18.2 Å². The second kappa shape index (κ2) is 3.78. The number of carboxylic acids is 1. The molecular weight excluding hydrogens is 249 g/mol. The predicted octanol–water partition coefficient (Wildman–Crippen LogP) is 2.62. The first-order valence-corrected chi connectivity index (χ1v) is 5.78. The largest absolute Gasteiger partial charge is 0.477 e. The Balaban J connectivity index is 2.57. The standard InChI is InChI=1S/C14H10FNO3/c1-7(15)10-5-16-6-11(14(18)19)13(17)9-4-2-3-8(10)12(9)16/h2-7H,1H3,(H,18,19). The van der Waals surface area contributed by atoms with Crippen molar-refractivity contribution in [3.63, 3.8) is 0 Å². The number of nitrogens with zero attached hydrogens (tertiary/aromatic N) is 1. The number of pyridine rings is 1. The number of para-hydroxylation sites is 1. The second-order valence-corrected chi connectivity index (χ2v) is 4.49. The van der Waals surface area contributed by atoms with E-state index in [0.29, 0.717) is 21.9 Å². The lowest BCUT2D eigenvalue weighted by Crippen LogP contribution is -2.16. The summed E-state index contributed by atoms with van der Waals surface area (Å²) in [5, 5.41) is 9.97. The summed E-state index contributed by atoms with van der Waals surface area (Å²) in [4.78, 5) is 23.1. The van der Waals surface area contributed by atoms with Crippen LogP contribution in [0.3, 0.4) is 0 Å². The fourth-order valence-corrected chi connectivity index (χ4v) is 2.44. The lowest BCUT2D eigenvalue weighted by molar-refractivity contribution is 0.0695. The van der Waals surface area contributed by atoms with Gasteiger partial charge in [-0.15, -0.1) is 0 Å². The van der Waals surface area contributed by atoms with Gasteiger partial charge in [0.25, 0.3) is 0 Å². The molecule has 0 saturated carbocycles. The van der Waals surface area contributed by atoms with Crippen LogP contribution in [0.25, 0.3) is 16.3 Å². The van der Waals surface area contributed by atoms with Gasteiger partial charge in [0.1, 0.15) is 11.7 Å². The Bertz CT molecular complexity index is 851. The summed E-state index contributed by atoms with van der Waals surface area (Å²) in [5.41, 5.74) is 0.167. The molecule has 96 valence electrons. The average molecular weight is 259 g/mol. The molecule has 0 radical (unpaired) electrons. The van der Waals surface area contributed by atoms with E-state index < -0.39 is 17.6 Å². The number of aromatic carboxylic acids is 1. The molecule has 0 aliphatic carbocycles. The molecule has 0 bridgehead atoms. The number of carboxylic acid groups (broad SMARTS) is 1. The van der Waals surface area contributed by atoms with Crippen molar-refractivity contribution in [2.45, 2.75) is 13.1 Å². The van der Waals surface area contributed by atoms with Gasteiger partial charge in [0.2, 0.25) is 5.43 Å². The Morgan fingerprint density at radius 3 is 2.63 bits per heavy atom. The van der Waals surface area contributed by atoms with Gasteiger partial charge in [0.05, 0.1) is 5.52 Å². The maximum absolute atomic E-state index is 13.6. The molecule has 3 rings (SSSR count). The summed E-state index contributed by atoms with van der Waals surface area (Å²) in [6.45, 7) is 1.41. The molecule has 1 unspecified atom stereocenters. The molecule has 1 atom stereocenters. The summed E-state index contributed by atoms with van der Waals surface area (Å²) in [7, 11) is 0. The van der Waals surface area contributed by atoms with Crippen LogP contribution in [0.4, 0.5) is 4.39 Å². The first-order valence-electron chi connectivity index (χ1n) is 5.78. The summed E-state index contributed by atoms with van der Waals surface area (Å²) in [6, 6.07) is 4.92. The zero-order valence-corrected chi connectivity index (χ0v) is 10.1. The molecule has 0 amide bonds. The van der Waals surface area contributed by atoms with Crippen molar-refractivity contribution < 1.29 is 14.3 Å². The molecule has 1 N–H and O–H groups in total. The maximum Gasteiger partial charge on any atom is 0.341 e. The number of aromatic nitrogens is 1. The lowest BCUT2D eigenvalue weighted by Gasteiger charge is -2.02. The summed E-state index contributed by atoms with van der Waals surface area (Å²) >= 11 is 0. The molecule has 5 heteroatoms. The van der Waals surface area contributed by atoms with Crippen molar-refractivity contribution >= 4 is 22.3 Å². The van der Waals surface area contributed by atoms with Crippen molar-refractivity contribution in [3.05, 3.63) is 51.9 Å². The molecule has 2 aromatic heterocycles. The summed E-state index contributed by atoms with van der Waals surface area (Å²) < 4.78 is 15.1. The number of alkyl halides is 1. The number of carbonyl (C=O) groups is 1. The van der Waals surface area contributed by atoms with Crippen LogP contribution >= 0.6 is 0 Å². The number of hydrogen-bond donors (Lipinski definition) is 1. The molecular formula is C14H10FNO3. The number of halogens is 1. The summed E-state index contributed by atoms with van der Waals surface area (Å²) in [5.74, 6) is -1.28. The van der Waals surface area contributed by atoms with Crippen LogP contribution in [0.2, 0.25) is 0 Å². The number of rotatable bonds is 2. The van der Waals surface area contributed by atoms with Crippen LogP contribution in [-0.4, -0.2) is 15.5 Å². The van der Waals surface area contributed by atoms with E-state index >= 15 is 0 Å². The molecule has 4 nitrogen and oxygen atoms in total. The van der Waals surface area contributed by atoms with Crippen LogP contribution in [0, 0.1) is 0 Å². The third-order valence-corrected chi connectivity index (χ3v) is 3.30. The van der Waals surface area contributed by atoms with Gasteiger partial charge in [-0.05, 0) is 13.0 Å². The van der Waals surface area contributed by atoms with E-state index in [1.807, 2.05) is 0 Å². The van der Waals surface area contributed by atoms with Gasteiger partial charge < -0.3 is 9.51 Å². The molecule has 0 fully saturated rings. The van der Waals surface area contributed by atoms with E-state index in [0.717, 1.165) is 0 Å². The normalized spacial score (nSPS) is 13.2. The molecule has 19 heavy (non-hydrogen) atoms. The first-order chi connectivity index (χ1) is 9.00. The van der Waals surface area contributed by atoms with Crippen molar-refractivity contribution in [1.29, 1.82) is 0 Å². The van der Waals surface area contributed by atoms with Gasteiger partial charge in [-0.3, -0.25) is 4.79 Å². The van der Waals surface area contributed by atoms with E-state index in [4.69, 9.17) is 5.11 Å². The van der Waals surface area contributed by atoms with Gasteiger partial charge in [-0.1, -0.05) is 12.1 Å². The Kier molecular flexibility index (Phi) is 2.32. The third kappa shape index (κ3) is 1.51. The number of hydrogen-bond acceptors (Lipinski definition) is 2. The van der Waals surface area contributed by atoms with E-state index in [9.17, 15) is 14.0 Å². The van der Waals surface area contributed by atoms with Crippen LogP contribution in [0.5, 0.6) is 0 Å². The maximum atomic E-state index is 13.6. The van der Waals surface area contributed by atoms with Crippen LogP contribution in [0.15, 0.2) is 35.4 Å². The van der Waals surface area contributed by atoms with Crippen molar-refractivity contribution in [2.24, 2.45) is 0 Å². The zero-order chi connectivity index (χ0) is 13.7. The molecule has 0 aliphatic heterocycles. The Morgan fingerprint density at radius 1 is 1.32 bits per heavy atom. The molecule has 2 heterocycles. The first kappa shape index (κ1) is 11.6.